The summed E-state index contributed by atoms with van der Waals surface area (Å²) in [5, 5.41) is 0. The van der Waals surface area contributed by atoms with Crippen molar-refractivity contribution < 1.29 is 0 Å². The highest BCUT2D eigenvalue weighted by atomic mass is 79.9. The molecule has 0 aromatic rings. The van der Waals surface area contributed by atoms with Gasteiger partial charge in [-0.2, -0.15) is 0 Å². The zero-order chi connectivity index (χ0) is 11.3. The van der Waals surface area contributed by atoms with E-state index in [0.717, 1.165) is 5.92 Å². The molecule has 88 valence electrons. The molecule has 2 aliphatic rings. The van der Waals surface area contributed by atoms with Crippen molar-refractivity contribution in [2.24, 2.45) is 11.3 Å². The summed E-state index contributed by atoms with van der Waals surface area (Å²) >= 11 is 7.93. The second-order valence-electron chi connectivity index (χ2n) is 6.66. The maximum Gasteiger partial charge on any atom is 0.0896 e. The van der Waals surface area contributed by atoms with Crippen molar-refractivity contribution in [1.29, 1.82) is 0 Å². The molecular weight excluding hydrogens is 332 g/mol. The summed E-state index contributed by atoms with van der Waals surface area (Å²) in [6.07, 6.45) is 7.23. The van der Waals surface area contributed by atoms with Crippen LogP contribution >= 0.6 is 31.9 Å². The molecule has 2 fully saturated rings. The van der Waals surface area contributed by atoms with Crippen molar-refractivity contribution in [2.45, 2.75) is 61.0 Å². The Morgan fingerprint density at radius 1 is 1.07 bits per heavy atom. The molecular formula is C12H22Br2Si. The Hall–Kier alpha value is 1.18. The van der Waals surface area contributed by atoms with Crippen molar-refractivity contribution in [3.8, 4) is 0 Å². The third kappa shape index (κ3) is 2.13. The summed E-state index contributed by atoms with van der Waals surface area (Å²) in [4.78, 5) is 0. The van der Waals surface area contributed by atoms with Gasteiger partial charge in [-0.3, -0.25) is 0 Å². The minimum atomic E-state index is -0.917. The molecule has 0 radical (unpaired) electrons. The average Bonchev–Trinajstić information content (AvgIpc) is 2.51. The van der Waals surface area contributed by atoms with Crippen molar-refractivity contribution >= 4 is 39.9 Å². The molecule has 0 aliphatic heterocycles. The van der Waals surface area contributed by atoms with Gasteiger partial charge in [-0.25, -0.2) is 0 Å². The van der Waals surface area contributed by atoms with E-state index in [2.05, 4.69) is 51.5 Å². The zero-order valence-corrected chi connectivity index (χ0v) is 14.2. The first-order valence-electron chi connectivity index (χ1n) is 6.17. The summed E-state index contributed by atoms with van der Waals surface area (Å²) in [6, 6.07) is 1.48. The predicted octanol–water partition coefficient (Wildman–Crippen LogP) is 5.39. The van der Waals surface area contributed by atoms with Crippen LogP contribution in [0.25, 0.3) is 0 Å². The lowest BCUT2D eigenvalue weighted by molar-refractivity contribution is 0.313. The molecule has 15 heavy (non-hydrogen) atoms. The molecule has 2 rings (SSSR count). The van der Waals surface area contributed by atoms with E-state index in [4.69, 9.17) is 0 Å². The van der Waals surface area contributed by atoms with Crippen molar-refractivity contribution in [3.63, 3.8) is 0 Å². The lowest BCUT2D eigenvalue weighted by Gasteiger charge is -2.25. The minimum Gasteiger partial charge on any atom is -0.0718 e. The maximum atomic E-state index is 3.96. The summed E-state index contributed by atoms with van der Waals surface area (Å²) in [7, 11) is -0.917. The minimum absolute atomic E-state index is 0.299. The van der Waals surface area contributed by atoms with E-state index in [1.54, 1.807) is 0 Å². The van der Waals surface area contributed by atoms with Gasteiger partial charge in [0.15, 0.2) is 0 Å². The van der Waals surface area contributed by atoms with Gasteiger partial charge in [-0.1, -0.05) is 76.8 Å². The Morgan fingerprint density at radius 3 is 2.07 bits per heavy atom. The van der Waals surface area contributed by atoms with Crippen molar-refractivity contribution in [2.75, 3.05) is 0 Å². The summed E-state index contributed by atoms with van der Waals surface area (Å²) in [5.41, 5.74) is 0.617. The van der Waals surface area contributed by atoms with Crippen LogP contribution in [0.2, 0.25) is 25.7 Å². The molecule has 2 saturated carbocycles. The van der Waals surface area contributed by atoms with E-state index >= 15 is 0 Å². The van der Waals surface area contributed by atoms with Gasteiger partial charge in [0.2, 0.25) is 0 Å². The topological polar surface area (TPSA) is 0 Å². The molecule has 0 aromatic carbocycles. The van der Waals surface area contributed by atoms with Gasteiger partial charge in [0.05, 0.1) is 3.23 Å². The summed E-state index contributed by atoms with van der Waals surface area (Å²) < 4.78 is 0.299. The second-order valence-corrected chi connectivity index (χ2v) is 15.8. The van der Waals surface area contributed by atoms with Crippen LogP contribution in [-0.2, 0) is 0 Å². The Balaban J connectivity index is 2.08. The number of hydrogen-bond acceptors (Lipinski definition) is 0. The lowest BCUT2D eigenvalue weighted by atomic mass is 9.85. The first-order valence-corrected chi connectivity index (χ1v) is 11.5. The normalized spacial score (nSPS) is 33.0. The third-order valence-electron chi connectivity index (χ3n) is 4.25. The molecule has 0 N–H and O–H groups in total. The first-order chi connectivity index (χ1) is 6.80. The van der Waals surface area contributed by atoms with E-state index in [1.165, 1.54) is 38.1 Å². The van der Waals surface area contributed by atoms with E-state index in [0.29, 0.717) is 8.65 Å². The molecule has 0 saturated heterocycles. The highest BCUT2D eigenvalue weighted by Gasteiger charge is 2.73. The fourth-order valence-corrected chi connectivity index (χ4v) is 8.23. The Morgan fingerprint density at radius 2 is 1.60 bits per heavy atom. The summed E-state index contributed by atoms with van der Waals surface area (Å²) in [6.45, 7) is 7.49. The molecule has 2 aliphatic carbocycles. The predicted molar refractivity (Wildman–Crippen MR) is 77.7 cm³/mol. The molecule has 0 bridgehead atoms. The van der Waals surface area contributed by atoms with Gasteiger partial charge in [0.25, 0.3) is 0 Å². The van der Waals surface area contributed by atoms with Gasteiger partial charge in [-0.15, -0.1) is 0 Å². The van der Waals surface area contributed by atoms with Gasteiger partial charge >= 0.3 is 0 Å². The quantitative estimate of drug-likeness (QED) is 0.461. The Labute approximate surface area is 112 Å². The van der Waals surface area contributed by atoms with Gasteiger partial charge in [0, 0.05) is 13.5 Å². The van der Waals surface area contributed by atoms with Crippen LogP contribution in [0, 0.1) is 11.3 Å². The number of halogens is 2. The molecule has 1 atom stereocenters. The second kappa shape index (κ2) is 3.84. The molecule has 0 nitrogen and oxygen atoms in total. The largest absolute Gasteiger partial charge is 0.0896 e. The van der Waals surface area contributed by atoms with Crippen LogP contribution in [-0.4, -0.2) is 11.3 Å². The molecule has 3 heteroatoms. The fraction of sp³-hybridized carbons (Fsp3) is 1.00. The molecule has 0 unspecified atom stereocenters. The van der Waals surface area contributed by atoms with E-state index in [-0.39, 0.29) is 0 Å². The third-order valence-corrected chi connectivity index (χ3v) is 8.57. The van der Waals surface area contributed by atoms with Crippen LogP contribution in [0.5, 0.6) is 0 Å². The number of rotatable bonds is 2. The van der Waals surface area contributed by atoms with Crippen LogP contribution < -0.4 is 0 Å². The highest BCUT2D eigenvalue weighted by Crippen LogP contribution is 2.78. The van der Waals surface area contributed by atoms with Crippen LogP contribution in [0.4, 0.5) is 0 Å². The molecule has 0 heterocycles. The van der Waals surface area contributed by atoms with Crippen LogP contribution in [0.3, 0.4) is 0 Å². The SMILES string of the molecule is C[Si](C)(C)C[C@@H]1C(Br)(Br)C12CCCCC2. The Kier molecular flexibility index (Phi) is 3.23. The smallest absolute Gasteiger partial charge is 0.0718 e. The number of alkyl halides is 2. The monoisotopic (exact) mass is 352 g/mol. The lowest BCUT2D eigenvalue weighted by Crippen LogP contribution is -2.22. The first kappa shape index (κ1) is 12.6. The maximum absolute atomic E-state index is 3.96. The summed E-state index contributed by atoms with van der Waals surface area (Å²) in [5.74, 6) is 0.900. The molecule has 0 amide bonds. The van der Waals surface area contributed by atoms with Gasteiger partial charge in [-0.05, 0) is 18.8 Å². The highest BCUT2D eigenvalue weighted by molar-refractivity contribution is 9.25. The standard InChI is InChI=1S/C12H22Br2Si/c1-15(2,3)9-10-11(12(10,13)14)7-5-4-6-8-11/h10H,4-9H2,1-3H3/t10-/m0/s1. The van der Waals surface area contributed by atoms with Crippen molar-refractivity contribution in [1.82, 2.24) is 0 Å². The van der Waals surface area contributed by atoms with Gasteiger partial charge in [0.1, 0.15) is 0 Å². The van der Waals surface area contributed by atoms with E-state index in [9.17, 15) is 0 Å². The number of hydrogen-bond donors (Lipinski definition) is 0. The zero-order valence-electron chi connectivity index (χ0n) is 10.1. The van der Waals surface area contributed by atoms with Crippen molar-refractivity contribution in [3.05, 3.63) is 0 Å². The van der Waals surface area contributed by atoms with Crippen LogP contribution in [0.15, 0.2) is 0 Å². The van der Waals surface area contributed by atoms with Gasteiger partial charge < -0.3 is 0 Å². The molecule has 1 spiro atoms. The average molecular weight is 354 g/mol. The Bertz CT molecular complexity index is 249. The molecule has 0 aromatic heterocycles. The fourth-order valence-electron chi connectivity index (χ4n) is 3.39. The van der Waals surface area contributed by atoms with Crippen LogP contribution in [0.1, 0.15) is 32.1 Å². The van der Waals surface area contributed by atoms with E-state index < -0.39 is 8.07 Å². The van der Waals surface area contributed by atoms with E-state index in [1.807, 2.05) is 0 Å².